The van der Waals surface area contributed by atoms with Crippen molar-refractivity contribution in [2.24, 2.45) is 0 Å². The highest BCUT2D eigenvalue weighted by Crippen LogP contribution is 2.13. The molecule has 0 unspecified atom stereocenters. The highest BCUT2D eigenvalue weighted by molar-refractivity contribution is 5.45. The monoisotopic (exact) mass is 231 g/mol. The lowest BCUT2D eigenvalue weighted by molar-refractivity contribution is -0.419. The summed E-state index contributed by atoms with van der Waals surface area (Å²) in [6, 6.07) is 0. The molecule has 0 aliphatic heterocycles. The highest BCUT2D eigenvalue weighted by Gasteiger charge is 2.05. The summed E-state index contributed by atoms with van der Waals surface area (Å²) in [5.74, 6) is 0. The van der Waals surface area contributed by atoms with Crippen molar-refractivity contribution in [1.82, 2.24) is 0 Å². The number of hydrogen-bond acceptors (Lipinski definition) is 2. The fourth-order valence-electron chi connectivity index (χ4n) is 0.901. The van der Waals surface area contributed by atoms with E-state index in [2.05, 4.69) is 26.3 Å². The molecule has 0 saturated carbocycles. The Labute approximate surface area is 102 Å². The fraction of sp³-hybridized carbons (Fsp3) is 0.143. The Hall–Kier alpha value is -2.16. The van der Waals surface area contributed by atoms with Gasteiger partial charge in [-0.05, 0) is 17.6 Å². The third kappa shape index (κ3) is 5.47. The minimum absolute atomic E-state index is 0.0983. The fourth-order valence-corrected chi connectivity index (χ4v) is 0.901. The molecule has 0 heterocycles. The topological polar surface area (TPSA) is 43.1 Å². The summed E-state index contributed by atoms with van der Waals surface area (Å²) in [4.78, 5) is 10.1. The lowest BCUT2D eigenvalue weighted by atomic mass is 10.1. The SMILES string of the molecule is C=C/C(=C\C(=C)C(=C)/C=C\C(=C)CC)[N+](=O)[O-]. The van der Waals surface area contributed by atoms with Crippen LogP contribution in [0.25, 0.3) is 0 Å². The van der Waals surface area contributed by atoms with E-state index < -0.39 is 4.92 Å². The van der Waals surface area contributed by atoms with Gasteiger partial charge < -0.3 is 0 Å². The quantitative estimate of drug-likeness (QED) is 0.378. The zero-order chi connectivity index (χ0) is 13.4. The molecular weight excluding hydrogens is 214 g/mol. The molecule has 17 heavy (non-hydrogen) atoms. The summed E-state index contributed by atoms with van der Waals surface area (Å²) >= 11 is 0. The van der Waals surface area contributed by atoms with Gasteiger partial charge in [0.2, 0.25) is 0 Å². The van der Waals surface area contributed by atoms with E-state index in [0.29, 0.717) is 11.1 Å². The van der Waals surface area contributed by atoms with E-state index in [1.165, 1.54) is 12.2 Å². The van der Waals surface area contributed by atoms with Crippen molar-refractivity contribution in [3.05, 3.63) is 83.2 Å². The Morgan fingerprint density at radius 2 is 1.82 bits per heavy atom. The first kappa shape index (κ1) is 14.8. The van der Waals surface area contributed by atoms with Crippen LogP contribution in [0.15, 0.2) is 73.0 Å². The molecule has 3 nitrogen and oxygen atoms in total. The van der Waals surface area contributed by atoms with Gasteiger partial charge in [0.15, 0.2) is 0 Å². The van der Waals surface area contributed by atoms with Crippen LogP contribution in [-0.2, 0) is 0 Å². The molecule has 0 radical (unpaired) electrons. The van der Waals surface area contributed by atoms with Crippen LogP contribution >= 0.6 is 0 Å². The van der Waals surface area contributed by atoms with Crippen LogP contribution < -0.4 is 0 Å². The van der Waals surface area contributed by atoms with Gasteiger partial charge >= 0.3 is 0 Å². The van der Waals surface area contributed by atoms with Crippen molar-refractivity contribution in [3.63, 3.8) is 0 Å². The second kappa shape index (κ2) is 7.17. The van der Waals surface area contributed by atoms with E-state index in [1.807, 2.05) is 13.0 Å². The lowest BCUT2D eigenvalue weighted by Gasteiger charge is -1.99. The number of hydrogen-bond donors (Lipinski definition) is 0. The zero-order valence-electron chi connectivity index (χ0n) is 10.1. The Bertz CT molecular complexity index is 426. The number of rotatable bonds is 7. The number of nitrogens with zero attached hydrogens (tertiary/aromatic N) is 1. The standard InChI is InChI=1S/C14H17NO2/c1-6-11(3)8-9-12(4)13(5)10-14(7-2)15(16)17/h7-10H,2-6H2,1H3/b9-8-,14-10+. The van der Waals surface area contributed by atoms with Crippen molar-refractivity contribution in [1.29, 1.82) is 0 Å². The minimum Gasteiger partial charge on any atom is -0.258 e. The predicted octanol–water partition coefficient (Wildman–Crippen LogP) is 3.97. The van der Waals surface area contributed by atoms with E-state index >= 15 is 0 Å². The van der Waals surface area contributed by atoms with Crippen molar-refractivity contribution < 1.29 is 4.92 Å². The third-order valence-electron chi connectivity index (χ3n) is 2.13. The van der Waals surface area contributed by atoms with Gasteiger partial charge in [0.1, 0.15) is 0 Å². The van der Waals surface area contributed by atoms with Crippen LogP contribution in [0.2, 0.25) is 0 Å². The average molecular weight is 231 g/mol. The molecule has 3 heteroatoms. The van der Waals surface area contributed by atoms with Crippen LogP contribution in [0, 0.1) is 10.1 Å². The molecular formula is C14H17NO2. The van der Waals surface area contributed by atoms with E-state index in [1.54, 1.807) is 6.08 Å². The first-order valence-electron chi connectivity index (χ1n) is 5.15. The van der Waals surface area contributed by atoms with Gasteiger partial charge in [0, 0.05) is 12.2 Å². The molecule has 0 aromatic heterocycles. The molecule has 0 aromatic carbocycles. The summed E-state index contributed by atoms with van der Waals surface area (Å²) < 4.78 is 0. The summed E-state index contributed by atoms with van der Waals surface area (Å²) in [5.41, 5.74) is 1.96. The molecule has 0 atom stereocenters. The maximum atomic E-state index is 10.6. The Morgan fingerprint density at radius 3 is 2.24 bits per heavy atom. The molecule has 0 aliphatic carbocycles. The molecule has 0 spiro atoms. The Kier molecular flexibility index (Phi) is 6.26. The normalized spacial score (nSPS) is 11.2. The zero-order valence-corrected chi connectivity index (χ0v) is 10.1. The summed E-state index contributed by atoms with van der Waals surface area (Å²) in [6.07, 6.45) is 6.92. The van der Waals surface area contributed by atoms with Gasteiger partial charge in [-0.15, -0.1) is 0 Å². The van der Waals surface area contributed by atoms with Crippen molar-refractivity contribution in [3.8, 4) is 0 Å². The molecule has 0 rings (SSSR count). The smallest absolute Gasteiger partial charge is 0.258 e. The van der Waals surface area contributed by atoms with Crippen LogP contribution in [0.3, 0.4) is 0 Å². The van der Waals surface area contributed by atoms with Gasteiger partial charge in [-0.3, -0.25) is 10.1 Å². The maximum Gasteiger partial charge on any atom is 0.269 e. The number of nitro groups is 1. The molecule has 0 aromatic rings. The van der Waals surface area contributed by atoms with Gasteiger partial charge in [-0.2, -0.15) is 0 Å². The molecule has 0 fully saturated rings. The van der Waals surface area contributed by atoms with E-state index in [-0.39, 0.29) is 5.70 Å². The summed E-state index contributed by atoms with van der Waals surface area (Å²) in [5, 5.41) is 10.6. The molecule has 90 valence electrons. The van der Waals surface area contributed by atoms with Gasteiger partial charge in [0.05, 0.1) is 4.92 Å². The van der Waals surface area contributed by atoms with Gasteiger partial charge in [-0.1, -0.05) is 51.0 Å². The Balaban J connectivity index is 4.79. The van der Waals surface area contributed by atoms with Crippen LogP contribution in [-0.4, -0.2) is 4.92 Å². The maximum absolute atomic E-state index is 10.6. The van der Waals surface area contributed by atoms with Crippen LogP contribution in [0.5, 0.6) is 0 Å². The molecule has 0 N–H and O–H groups in total. The molecule has 0 saturated heterocycles. The summed E-state index contributed by atoms with van der Waals surface area (Å²) in [6.45, 7) is 16.7. The molecule has 0 aliphatic rings. The lowest BCUT2D eigenvalue weighted by Crippen LogP contribution is -1.95. The van der Waals surface area contributed by atoms with E-state index in [9.17, 15) is 10.1 Å². The molecule has 0 bridgehead atoms. The third-order valence-corrected chi connectivity index (χ3v) is 2.13. The minimum atomic E-state index is -0.514. The first-order chi connectivity index (χ1) is 7.92. The second-order valence-electron chi connectivity index (χ2n) is 3.43. The highest BCUT2D eigenvalue weighted by atomic mass is 16.6. The van der Waals surface area contributed by atoms with Gasteiger partial charge in [0.25, 0.3) is 5.70 Å². The van der Waals surface area contributed by atoms with Crippen LogP contribution in [0.1, 0.15) is 13.3 Å². The first-order valence-corrected chi connectivity index (χ1v) is 5.15. The largest absolute Gasteiger partial charge is 0.269 e. The van der Waals surface area contributed by atoms with Crippen molar-refractivity contribution >= 4 is 0 Å². The van der Waals surface area contributed by atoms with Crippen LogP contribution in [0.4, 0.5) is 0 Å². The predicted molar refractivity (Wildman–Crippen MR) is 72.1 cm³/mol. The second-order valence-corrected chi connectivity index (χ2v) is 3.43. The Morgan fingerprint density at radius 1 is 1.24 bits per heavy atom. The summed E-state index contributed by atoms with van der Waals surface area (Å²) in [7, 11) is 0. The average Bonchev–Trinajstić information content (AvgIpc) is 2.31. The van der Waals surface area contributed by atoms with Crippen molar-refractivity contribution in [2.75, 3.05) is 0 Å². The van der Waals surface area contributed by atoms with Gasteiger partial charge in [-0.25, -0.2) is 0 Å². The van der Waals surface area contributed by atoms with Crippen molar-refractivity contribution in [2.45, 2.75) is 13.3 Å². The molecule has 0 amide bonds. The van der Waals surface area contributed by atoms with E-state index in [0.717, 1.165) is 12.0 Å². The number of allylic oxidation sites excluding steroid dienone is 7. The van der Waals surface area contributed by atoms with E-state index in [4.69, 9.17) is 0 Å².